The van der Waals surface area contributed by atoms with Crippen LogP contribution >= 0.6 is 0 Å². The van der Waals surface area contributed by atoms with E-state index in [0.29, 0.717) is 6.42 Å². The van der Waals surface area contributed by atoms with Crippen LogP contribution in [0.15, 0.2) is 0 Å². The SMILES string of the molecule is N[C@H]1CC(O)C1OO. The predicted octanol–water partition coefficient (Wildman–Crippen LogP) is -1.06. The molecule has 0 aromatic heterocycles. The molecule has 0 aromatic carbocycles. The summed E-state index contributed by atoms with van der Waals surface area (Å²) in [6.45, 7) is 0. The molecule has 1 fully saturated rings. The predicted molar refractivity (Wildman–Crippen MR) is 26.1 cm³/mol. The fraction of sp³-hybridized carbons (Fsp3) is 1.00. The molecule has 4 N–H and O–H groups in total. The molecule has 0 aliphatic heterocycles. The van der Waals surface area contributed by atoms with Gasteiger partial charge in [-0.05, 0) is 6.42 Å². The molecule has 1 aliphatic rings. The van der Waals surface area contributed by atoms with Gasteiger partial charge in [0.25, 0.3) is 0 Å². The summed E-state index contributed by atoms with van der Waals surface area (Å²) in [5.41, 5.74) is 5.28. The van der Waals surface area contributed by atoms with E-state index in [2.05, 4.69) is 4.89 Å². The van der Waals surface area contributed by atoms with Crippen molar-refractivity contribution < 1.29 is 15.3 Å². The summed E-state index contributed by atoms with van der Waals surface area (Å²) in [5.74, 6) is 0. The van der Waals surface area contributed by atoms with Crippen LogP contribution in [0.25, 0.3) is 0 Å². The third-order valence-electron chi connectivity index (χ3n) is 1.44. The molecule has 8 heavy (non-hydrogen) atoms. The van der Waals surface area contributed by atoms with Crippen LogP contribution in [-0.4, -0.2) is 28.6 Å². The lowest BCUT2D eigenvalue weighted by Crippen LogP contribution is -2.56. The molecule has 0 radical (unpaired) electrons. The van der Waals surface area contributed by atoms with E-state index in [1.165, 1.54) is 0 Å². The maximum absolute atomic E-state index is 8.71. The van der Waals surface area contributed by atoms with Gasteiger partial charge in [-0.25, -0.2) is 4.89 Å². The van der Waals surface area contributed by atoms with Crippen LogP contribution in [-0.2, 0) is 4.89 Å². The smallest absolute Gasteiger partial charge is 0.134 e. The van der Waals surface area contributed by atoms with Gasteiger partial charge in [-0.2, -0.15) is 0 Å². The minimum absolute atomic E-state index is 0.199. The van der Waals surface area contributed by atoms with E-state index in [9.17, 15) is 0 Å². The second-order valence-electron chi connectivity index (χ2n) is 2.04. The highest BCUT2D eigenvalue weighted by atomic mass is 17.1. The zero-order chi connectivity index (χ0) is 6.15. The summed E-state index contributed by atoms with van der Waals surface area (Å²) in [7, 11) is 0. The first-order valence-electron chi connectivity index (χ1n) is 2.49. The molecule has 0 saturated heterocycles. The topological polar surface area (TPSA) is 75.7 Å². The standard InChI is InChI=1S/C4H9NO3/c5-2-1-3(6)4(2)8-7/h2-4,6-7H,1,5H2/t2-,3?,4?/m0/s1. The Morgan fingerprint density at radius 2 is 2.25 bits per heavy atom. The number of aliphatic hydroxyl groups excluding tert-OH is 1. The van der Waals surface area contributed by atoms with E-state index < -0.39 is 12.2 Å². The average Bonchev–Trinajstić information content (AvgIpc) is 1.67. The fourth-order valence-corrected chi connectivity index (χ4v) is 0.785. The van der Waals surface area contributed by atoms with Crippen molar-refractivity contribution in [3.63, 3.8) is 0 Å². The normalized spacial score (nSPS) is 46.1. The molecule has 3 atom stereocenters. The van der Waals surface area contributed by atoms with Crippen LogP contribution < -0.4 is 5.73 Å². The lowest BCUT2D eigenvalue weighted by atomic mass is 9.87. The van der Waals surface area contributed by atoms with Crippen molar-refractivity contribution in [2.45, 2.75) is 24.7 Å². The highest BCUT2D eigenvalue weighted by Crippen LogP contribution is 2.20. The van der Waals surface area contributed by atoms with Gasteiger partial charge in [0, 0.05) is 6.04 Å². The van der Waals surface area contributed by atoms with E-state index in [1.807, 2.05) is 0 Å². The van der Waals surface area contributed by atoms with E-state index in [1.54, 1.807) is 0 Å². The zero-order valence-electron chi connectivity index (χ0n) is 4.32. The number of aliphatic hydroxyl groups is 1. The van der Waals surface area contributed by atoms with Gasteiger partial charge in [0.2, 0.25) is 0 Å². The fourth-order valence-electron chi connectivity index (χ4n) is 0.785. The average molecular weight is 119 g/mol. The van der Waals surface area contributed by atoms with Crippen molar-refractivity contribution in [2.75, 3.05) is 0 Å². The number of hydrogen-bond acceptors (Lipinski definition) is 4. The molecule has 0 bridgehead atoms. The maximum Gasteiger partial charge on any atom is 0.134 e. The molecule has 0 aromatic rings. The molecular weight excluding hydrogens is 110 g/mol. The monoisotopic (exact) mass is 119 g/mol. The highest BCUT2D eigenvalue weighted by Gasteiger charge is 2.38. The lowest BCUT2D eigenvalue weighted by molar-refractivity contribution is -0.321. The molecule has 0 amide bonds. The van der Waals surface area contributed by atoms with Gasteiger partial charge < -0.3 is 10.8 Å². The summed E-state index contributed by atoms with van der Waals surface area (Å²) in [6.07, 6.45) is -0.615. The minimum Gasteiger partial charge on any atom is -0.390 e. The van der Waals surface area contributed by atoms with E-state index in [4.69, 9.17) is 16.1 Å². The third kappa shape index (κ3) is 0.714. The highest BCUT2D eigenvalue weighted by molar-refractivity contribution is 4.92. The minimum atomic E-state index is -0.574. The van der Waals surface area contributed by atoms with Crippen molar-refractivity contribution in [2.24, 2.45) is 5.73 Å². The van der Waals surface area contributed by atoms with Crippen molar-refractivity contribution in [3.05, 3.63) is 0 Å². The van der Waals surface area contributed by atoms with Gasteiger partial charge in [-0.3, -0.25) is 5.26 Å². The maximum atomic E-state index is 8.71. The quantitative estimate of drug-likeness (QED) is 0.303. The lowest BCUT2D eigenvalue weighted by Gasteiger charge is -2.35. The number of hydrogen-bond donors (Lipinski definition) is 3. The van der Waals surface area contributed by atoms with Gasteiger partial charge in [-0.1, -0.05) is 0 Å². The molecule has 2 unspecified atom stereocenters. The second-order valence-corrected chi connectivity index (χ2v) is 2.04. The first kappa shape index (κ1) is 5.97. The van der Waals surface area contributed by atoms with Gasteiger partial charge in [0.15, 0.2) is 0 Å². The van der Waals surface area contributed by atoms with Crippen molar-refractivity contribution >= 4 is 0 Å². The van der Waals surface area contributed by atoms with Gasteiger partial charge >= 0.3 is 0 Å². The first-order chi connectivity index (χ1) is 3.75. The molecule has 1 rings (SSSR count). The van der Waals surface area contributed by atoms with Crippen LogP contribution in [0.1, 0.15) is 6.42 Å². The Morgan fingerprint density at radius 1 is 1.62 bits per heavy atom. The van der Waals surface area contributed by atoms with E-state index in [-0.39, 0.29) is 6.04 Å². The summed E-state index contributed by atoms with van der Waals surface area (Å²) < 4.78 is 0. The molecule has 4 nitrogen and oxygen atoms in total. The molecule has 0 spiro atoms. The van der Waals surface area contributed by atoms with Crippen LogP contribution in [0.5, 0.6) is 0 Å². The van der Waals surface area contributed by atoms with Gasteiger partial charge in [0.05, 0.1) is 6.10 Å². The van der Waals surface area contributed by atoms with Gasteiger partial charge in [0.1, 0.15) is 6.10 Å². The largest absolute Gasteiger partial charge is 0.390 e. The van der Waals surface area contributed by atoms with Crippen molar-refractivity contribution in [1.29, 1.82) is 0 Å². The van der Waals surface area contributed by atoms with Crippen molar-refractivity contribution in [3.8, 4) is 0 Å². The number of rotatable bonds is 1. The Morgan fingerprint density at radius 3 is 2.38 bits per heavy atom. The molecule has 1 aliphatic carbocycles. The summed E-state index contributed by atoms with van der Waals surface area (Å²) in [4.78, 5) is 3.84. The molecule has 48 valence electrons. The molecular formula is C4H9NO3. The summed E-state index contributed by atoms with van der Waals surface area (Å²) >= 11 is 0. The summed E-state index contributed by atoms with van der Waals surface area (Å²) in [5, 5.41) is 16.7. The zero-order valence-corrected chi connectivity index (χ0v) is 4.32. The number of nitrogens with two attached hydrogens (primary N) is 1. The van der Waals surface area contributed by atoms with E-state index >= 15 is 0 Å². The van der Waals surface area contributed by atoms with Crippen LogP contribution in [0.4, 0.5) is 0 Å². The first-order valence-corrected chi connectivity index (χ1v) is 2.49. The third-order valence-corrected chi connectivity index (χ3v) is 1.44. The summed E-state index contributed by atoms with van der Waals surface area (Å²) in [6, 6.07) is -0.199. The molecule has 0 heterocycles. The molecule has 1 saturated carbocycles. The Hall–Kier alpha value is -0.160. The Bertz CT molecular complexity index is 79.4. The van der Waals surface area contributed by atoms with Crippen molar-refractivity contribution in [1.82, 2.24) is 0 Å². The van der Waals surface area contributed by atoms with Crippen LogP contribution in [0.3, 0.4) is 0 Å². The Kier molecular flexibility index (Phi) is 1.48. The molecule has 4 heteroatoms. The van der Waals surface area contributed by atoms with E-state index in [0.717, 1.165) is 0 Å². The Balaban J connectivity index is 2.29. The van der Waals surface area contributed by atoms with Crippen LogP contribution in [0, 0.1) is 0 Å². The second kappa shape index (κ2) is 1.99. The Labute approximate surface area is 46.8 Å². The van der Waals surface area contributed by atoms with Gasteiger partial charge in [-0.15, -0.1) is 0 Å². The van der Waals surface area contributed by atoms with Crippen LogP contribution in [0.2, 0.25) is 0 Å².